The predicted octanol–water partition coefficient (Wildman–Crippen LogP) is 5.99. The van der Waals surface area contributed by atoms with Gasteiger partial charge in [0.2, 0.25) is 0 Å². The van der Waals surface area contributed by atoms with E-state index in [4.69, 9.17) is 30.5 Å². The number of benzene rings is 2. The Hall–Kier alpha value is -1.93. The van der Waals surface area contributed by atoms with E-state index < -0.39 is 11.6 Å². The van der Waals surface area contributed by atoms with Crippen molar-refractivity contribution in [3.63, 3.8) is 0 Å². The van der Waals surface area contributed by atoms with Gasteiger partial charge in [-0.2, -0.15) is 0 Å². The first-order chi connectivity index (χ1) is 15.2. The minimum atomic E-state index is -0.603. The van der Waals surface area contributed by atoms with Crippen molar-refractivity contribution in [2.75, 3.05) is 27.1 Å². The lowest BCUT2D eigenvalue weighted by atomic mass is 10.0. The number of halogens is 2. The highest BCUT2D eigenvalue weighted by atomic mass is 79.9. The van der Waals surface area contributed by atoms with Crippen LogP contribution in [0.4, 0.5) is 0 Å². The van der Waals surface area contributed by atoms with Gasteiger partial charge in [0.25, 0.3) is 0 Å². The molecule has 1 atom stereocenters. The Bertz CT molecular complexity index is 899. The van der Waals surface area contributed by atoms with E-state index in [-0.39, 0.29) is 19.2 Å². The van der Waals surface area contributed by atoms with Crippen LogP contribution in [0.1, 0.15) is 44.4 Å². The van der Waals surface area contributed by atoms with E-state index in [9.17, 15) is 4.79 Å². The third-order valence-corrected chi connectivity index (χ3v) is 4.84. The van der Waals surface area contributed by atoms with E-state index in [1.165, 1.54) is 0 Å². The van der Waals surface area contributed by atoms with Gasteiger partial charge in [0.15, 0.2) is 6.79 Å². The van der Waals surface area contributed by atoms with Gasteiger partial charge in [-0.25, -0.2) is 0 Å². The molecule has 2 rings (SSSR count). The number of nitrogens with zero attached hydrogens (tertiary/aromatic N) is 1. The molecule has 0 saturated heterocycles. The third kappa shape index (κ3) is 9.28. The molecule has 0 spiro atoms. The number of esters is 1. The van der Waals surface area contributed by atoms with Crippen LogP contribution in [0, 0.1) is 0 Å². The third-order valence-electron chi connectivity index (χ3n) is 4.10. The highest BCUT2D eigenvalue weighted by Gasteiger charge is 2.25. The molecular weight excluding hydrogens is 498 g/mol. The molecule has 174 valence electrons. The zero-order chi connectivity index (χ0) is 23.6. The Balaban J connectivity index is 2.35. The highest BCUT2D eigenvalue weighted by Crippen LogP contribution is 2.39. The summed E-state index contributed by atoms with van der Waals surface area (Å²) in [5.41, 5.74) is 0.958. The van der Waals surface area contributed by atoms with Crippen molar-refractivity contribution in [1.29, 1.82) is 0 Å². The minimum absolute atomic E-state index is 0.0146. The maximum atomic E-state index is 12.6. The van der Waals surface area contributed by atoms with Gasteiger partial charge in [-0.1, -0.05) is 57.9 Å². The van der Waals surface area contributed by atoms with Crippen LogP contribution in [0.15, 0.2) is 51.9 Å². The zero-order valence-electron chi connectivity index (χ0n) is 18.8. The molecule has 32 heavy (non-hydrogen) atoms. The van der Waals surface area contributed by atoms with Crippen LogP contribution in [0.5, 0.6) is 5.75 Å². The summed E-state index contributed by atoms with van der Waals surface area (Å²) in [5, 5.41) is 0.383. The average molecular weight is 527 g/mol. The molecule has 0 aliphatic heterocycles. The predicted molar refractivity (Wildman–Crippen MR) is 130 cm³/mol. The molecule has 2 aromatic carbocycles. The standard InChI is InChI=1S/C24H29BrClNO5/c1-24(2,3)32-22(28)14-21(27-15-17-8-6-5-7-9-17)19-12-18(25)13-20(26)23(19)31-16-30-11-10-29-4/h5-9,12-13,15,21H,10-11,14,16H2,1-4H3. The zero-order valence-corrected chi connectivity index (χ0v) is 21.1. The van der Waals surface area contributed by atoms with E-state index >= 15 is 0 Å². The second-order valence-electron chi connectivity index (χ2n) is 7.96. The van der Waals surface area contributed by atoms with Crippen molar-refractivity contribution in [3.8, 4) is 5.75 Å². The monoisotopic (exact) mass is 525 g/mol. The molecule has 2 aromatic rings. The second kappa shape index (κ2) is 12.9. The minimum Gasteiger partial charge on any atom is -0.466 e. The molecule has 0 fully saturated rings. The molecule has 1 unspecified atom stereocenters. The van der Waals surface area contributed by atoms with Crippen LogP contribution in [0.2, 0.25) is 5.02 Å². The number of aliphatic imine (C=N–C) groups is 1. The maximum absolute atomic E-state index is 12.6. The molecule has 0 radical (unpaired) electrons. The van der Waals surface area contributed by atoms with E-state index in [0.717, 1.165) is 10.0 Å². The van der Waals surface area contributed by atoms with Crippen molar-refractivity contribution in [2.24, 2.45) is 4.99 Å². The van der Waals surface area contributed by atoms with E-state index in [1.807, 2.05) is 57.2 Å². The fraction of sp³-hybridized carbons (Fsp3) is 0.417. The van der Waals surface area contributed by atoms with Crippen molar-refractivity contribution in [1.82, 2.24) is 0 Å². The second-order valence-corrected chi connectivity index (χ2v) is 9.29. The summed E-state index contributed by atoms with van der Waals surface area (Å²) in [6, 6.07) is 12.6. The van der Waals surface area contributed by atoms with Gasteiger partial charge in [0.1, 0.15) is 11.4 Å². The molecule has 0 amide bonds. The van der Waals surface area contributed by atoms with Gasteiger partial charge in [-0.15, -0.1) is 0 Å². The quantitative estimate of drug-likeness (QED) is 0.156. The molecule has 0 saturated carbocycles. The number of carbonyl (C=O) groups is 1. The number of hydrogen-bond donors (Lipinski definition) is 0. The van der Waals surface area contributed by atoms with Gasteiger partial charge < -0.3 is 18.9 Å². The van der Waals surface area contributed by atoms with Crippen molar-refractivity contribution in [2.45, 2.75) is 38.8 Å². The summed E-state index contributed by atoms with van der Waals surface area (Å²) >= 11 is 9.95. The van der Waals surface area contributed by atoms with E-state index in [2.05, 4.69) is 20.9 Å². The van der Waals surface area contributed by atoms with Crippen molar-refractivity contribution >= 4 is 39.7 Å². The Labute approximate surface area is 203 Å². The number of methoxy groups -OCH3 is 1. The Kier molecular flexibility index (Phi) is 10.6. The van der Waals surface area contributed by atoms with Crippen LogP contribution in [0.25, 0.3) is 0 Å². The number of carbonyl (C=O) groups excluding carboxylic acids is 1. The fourth-order valence-corrected chi connectivity index (χ4v) is 3.67. The molecule has 0 aromatic heterocycles. The van der Waals surface area contributed by atoms with Crippen LogP contribution >= 0.6 is 27.5 Å². The van der Waals surface area contributed by atoms with E-state index in [0.29, 0.717) is 29.5 Å². The van der Waals surface area contributed by atoms with Crippen LogP contribution < -0.4 is 4.74 Å². The molecule has 0 N–H and O–H groups in total. The molecule has 0 aliphatic carbocycles. The molecule has 0 bridgehead atoms. The summed E-state index contributed by atoms with van der Waals surface area (Å²) in [4.78, 5) is 17.3. The van der Waals surface area contributed by atoms with Gasteiger partial charge in [0, 0.05) is 23.4 Å². The summed E-state index contributed by atoms with van der Waals surface area (Å²) in [6.45, 7) is 6.30. The normalized spacial score (nSPS) is 12.7. The Morgan fingerprint density at radius 1 is 1.19 bits per heavy atom. The van der Waals surface area contributed by atoms with Crippen LogP contribution in [-0.2, 0) is 19.0 Å². The molecule has 8 heteroatoms. The molecular formula is C24H29BrClNO5. The SMILES string of the molecule is COCCOCOc1c(Cl)cc(Br)cc1C(CC(=O)OC(C)(C)C)N=Cc1ccccc1. The largest absolute Gasteiger partial charge is 0.466 e. The Morgan fingerprint density at radius 2 is 1.91 bits per heavy atom. The summed E-state index contributed by atoms with van der Waals surface area (Å²) < 4.78 is 22.5. The topological polar surface area (TPSA) is 66.4 Å². The van der Waals surface area contributed by atoms with Gasteiger partial charge in [-0.3, -0.25) is 9.79 Å². The first-order valence-electron chi connectivity index (χ1n) is 10.2. The first-order valence-corrected chi connectivity index (χ1v) is 11.3. The van der Waals surface area contributed by atoms with Crippen molar-refractivity contribution < 1.29 is 23.7 Å². The van der Waals surface area contributed by atoms with Crippen LogP contribution in [0.3, 0.4) is 0 Å². The number of rotatable bonds is 11. The lowest BCUT2D eigenvalue weighted by molar-refractivity contribution is -0.155. The maximum Gasteiger partial charge on any atom is 0.308 e. The summed E-state index contributed by atoms with van der Waals surface area (Å²) in [5.74, 6) is 0.0390. The highest BCUT2D eigenvalue weighted by molar-refractivity contribution is 9.10. The van der Waals surface area contributed by atoms with Gasteiger partial charge in [0.05, 0.1) is 30.7 Å². The smallest absolute Gasteiger partial charge is 0.308 e. The summed E-state index contributed by atoms with van der Waals surface area (Å²) in [7, 11) is 1.60. The first kappa shape index (κ1) is 26.3. The fourth-order valence-electron chi connectivity index (χ4n) is 2.78. The van der Waals surface area contributed by atoms with Gasteiger partial charge in [-0.05, 0) is 38.5 Å². The van der Waals surface area contributed by atoms with Gasteiger partial charge >= 0.3 is 5.97 Å². The lowest BCUT2D eigenvalue weighted by Gasteiger charge is -2.22. The number of ether oxygens (including phenoxy) is 4. The van der Waals surface area contributed by atoms with E-state index in [1.54, 1.807) is 19.4 Å². The average Bonchev–Trinajstić information content (AvgIpc) is 2.71. The van der Waals surface area contributed by atoms with Crippen molar-refractivity contribution in [3.05, 3.63) is 63.1 Å². The molecule has 0 aliphatic rings. The summed E-state index contributed by atoms with van der Waals surface area (Å²) in [6.07, 6.45) is 1.75. The molecule has 0 heterocycles. The molecule has 6 nitrogen and oxygen atoms in total. The Morgan fingerprint density at radius 3 is 2.56 bits per heavy atom. The van der Waals surface area contributed by atoms with Crippen LogP contribution in [-0.4, -0.2) is 44.9 Å². The lowest BCUT2D eigenvalue weighted by Crippen LogP contribution is -2.25. The number of hydrogen-bond acceptors (Lipinski definition) is 6.